The highest BCUT2D eigenvalue weighted by atomic mass is 16.5. The third kappa shape index (κ3) is 4.34. The third-order valence-corrected chi connectivity index (χ3v) is 2.41. The second-order valence-corrected chi connectivity index (χ2v) is 4.17. The van der Waals surface area contributed by atoms with Gasteiger partial charge in [0.2, 0.25) is 0 Å². The summed E-state index contributed by atoms with van der Waals surface area (Å²) in [5, 5.41) is 3.43. The highest BCUT2D eigenvalue weighted by molar-refractivity contribution is 5.32. The zero-order valence-corrected chi connectivity index (χ0v) is 9.92. The molecule has 0 heterocycles. The first-order valence-electron chi connectivity index (χ1n) is 5.56. The standard InChI is InChI=1S/C13H21NO/c1-11(2)8-9-14-10-12-6-4-5-7-13(12)15-3/h4-7,11,14H,8-10H2,1-3H3. The molecular weight excluding hydrogens is 186 g/mol. The van der Waals surface area contributed by atoms with Gasteiger partial charge in [0.1, 0.15) is 5.75 Å². The van der Waals surface area contributed by atoms with Crippen LogP contribution in [0.5, 0.6) is 5.75 Å². The van der Waals surface area contributed by atoms with Crippen LogP contribution in [0.2, 0.25) is 0 Å². The summed E-state index contributed by atoms with van der Waals surface area (Å²) in [6.07, 6.45) is 1.22. The smallest absolute Gasteiger partial charge is 0.123 e. The molecule has 2 nitrogen and oxygen atoms in total. The average molecular weight is 207 g/mol. The van der Waals surface area contributed by atoms with Crippen molar-refractivity contribution >= 4 is 0 Å². The molecule has 84 valence electrons. The Labute approximate surface area is 92.6 Å². The van der Waals surface area contributed by atoms with Gasteiger partial charge in [0.05, 0.1) is 7.11 Å². The quantitative estimate of drug-likeness (QED) is 0.724. The van der Waals surface area contributed by atoms with E-state index in [0.717, 1.165) is 24.8 Å². The monoisotopic (exact) mass is 207 g/mol. The first kappa shape index (κ1) is 12.1. The van der Waals surface area contributed by atoms with Gasteiger partial charge < -0.3 is 10.1 Å². The van der Waals surface area contributed by atoms with E-state index in [2.05, 4.69) is 25.2 Å². The maximum Gasteiger partial charge on any atom is 0.123 e. The molecule has 0 amide bonds. The van der Waals surface area contributed by atoms with E-state index in [1.165, 1.54) is 12.0 Å². The van der Waals surface area contributed by atoms with Crippen LogP contribution in [0.3, 0.4) is 0 Å². The lowest BCUT2D eigenvalue weighted by molar-refractivity contribution is 0.407. The van der Waals surface area contributed by atoms with Gasteiger partial charge in [0.15, 0.2) is 0 Å². The maximum absolute atomic E-state index is 5.28. The number of rotatable bonds is 6. The first-order valence-corrected chi connectivity index (χ1v) is 5.56. The van der Waals surface area contributed by atoms with Crippen LogP contribution in [-0.2, 0) is 6.54 Å². The fourth-order valence-corrected chi connectivity index (χ4v) is 1.46. The van der Waals surface area contributed by atoms with Crippen molar-refractivity contribution in [1.29, 1.82) is 0 Å². The molecule has 0 aliphatic rings. The number of para-hydroxylation sites is 1. The van der Waals surface area contributed by atoms with E-state index in [9.17, 15) is 0 Å². The Balaban J connectivity index is 2.36. The lowest BCUT2D eigenvalue weighted by Gasteiger charge is -2.10. The Kier molecular flexibility index (Phi) is 5.19. The molecule has 1 aromatic rings. The minimum atomic E-state index is 0.759. The van der Waals surface area contributed by atoms with Crippen LogP contribution in [0.4, 0.5) is 0 Å². The molecular formula is C13H21NO. The van der Waals surface area contributed by atoms with Gasteiger partial charge in [0.25, 0.3) is 0 Å². The van der Waals surface area contributed by atoms with Crippen LogP contribution in [0.1, 0.15) is 25.8 Å². The highest BCUT2D eigenvalue weighted by Gasteiger charge is 2.00. The fraction of sp³-hybridized carbons (Fsp3) is 0.538. The number of hydrogen-bond donors (Lipinski definition) is 1. The zero-order chi connectivity index (χ0) is 11.1. The summed E-state index contributed by atoms with van der Waals surface area (Å²) >= 11 is 0. The van der Waals surface area contributed by atoms with Crippen LogP contribution in [0.15, 0.2) is 24.3 Å². The van der Waals surface area contributed by atoms with Crippen LogP contribution >= 0.6 is 0 Å². The molecule has 0 aliphatic heterocycles. The van der Waals surface area contributed by atoms with Crippen molar-refractivity contribution in [2.24, 2.45) is 5.92 Å². The number of benzene rings is 1. The molecule has 0 saturated heterocycles. The molecule has 0 unspecified atom stereocenters. The summed E-state index contributed by atoms with van der Waals surface area (Å²) in [6.45, 7) is 6.43. The Morgan fingerprint density at radius 3 is 2.67 bits per heavy atom. The molecule has 1 N–H and O–H groups in total. The molecule has 0 atom stereocenters. The zero-order valence-electron chi connectivity index (χ0n) is 9.92. The van der Waals surface area contributed by atoms with Gasteiger partial charge in [-0.3, -0.25) is 0 Å². The number of methoxy groups -OCH3 is 1. The Bertz CT molecular complexity index is 284. The molecule has 0 saturated carbocycles. The van der Waals surface area contributed by atoms with E-state index < -0.39 is 0 Å². The minimum absolute atomic E-state index is 0.759. The van der Waals surface area contributed by atoms with Gasteiger partial charge in [-0.25, -0.2) is 0 Å². The van der Waals surface area contributed by atoms with E-state index in [1.807, 2.05) is 18.2 Å². The Morgan fingerprint density at radius 2 is 2.00 bits per heavy atom. The summed E-state index contributed by atoms with van der Waals surface area (Å²) in [5.41, 5.74) is 1.23. The largest absolute Gasteiger partial charge is 0.496 e. The summed E-state index contributed by atoms with van der Waals surface area (Å²) in [7, 11) is 1.72. The fourth-order valence-electron chi connectivity index (χ4n) is 1.46. The number of hydrogen-bond acceptors (Lipinski definition) is 2. The van der Waals surface area contributed by atoms with Gasteiger partial charge in [-0.1, -0.05) is 32.0 Å². The summed E-state index contributed by atoms with van der Waals surface area (Å²) < 4.78 is 5.28. The molecule has 15 heavy (non-hydrogen) atoms. The predicted molar refractivity (Wildman–Crippen MR) is 64.2 cm³/mol. The van der Waals surface area contributed by atoms with E-state index >= 15 is 0 Å². The lowest BCUT2D eigenvalue weighted by atomic mass is 10.1. The maximum atomic E-state index is 5.28. The normalized spacial score (nSPS) is 10.7. The van der Waals surface area contributed by atoms with Gasteiger partial charge in [0, 0.05) is 12.1 Å². The molecule has 1 rings (SSSR count). The number of nitrogens with one attached hydrogen (secondary N) is 1. The van der Waals surface area contributed by atoms with Crippen molar-refractivity contribution in [2.45, 2.75) is 26.8 Å². The summed E-state index contributed by atoms with van der Waals surface area (Å²) in [5.74, 6) is 1.73. The molecule has 0 aliphatic carbocycles. The van der Waals surface area contributed by atoms with Crippen molar-refractivity contribution in [3.05, 3.63) is 29.8 Å². The van der Waals surface area contributed by atoms with Crippen molar-refractivity contribution in [3.63, 3.8) is 0 Å². The van der Waals surface area contributed by atoms with E-state index in [4.69, 9.17) is 4.74 Å². The van der Waals surface area contributed by atoms with Crippen LogP contribution < -0.4 is 10.1 Å². The molecule has 1 aromatic carbocycles. The molecule has 0 aromatic heterocycles. The van der Waals surface area contributed by atoms with Gasteiger partial charge in [-0.2, -0.15) is 0 Å². The lowest BCUT2D eigenvalue weighted by Crippen LogP contribution is -2.16. The van der Waals surface area contributed by atoms with E-state index in [-0.39, 0.29) is 0 Å². The van der Waals surface area contributed by atoms with Crippen LogP contribution in [0, 0.1) is 5.92 Å². The topological polar surface area (TPSA) is 21.3 Å². The van der Waals surface area contributed by atoms with Crippen LogP contribution in [-0.4, -0.2) is 13.7 Å². The van der Waals surface area contributed by atoms with Crippen LogP contribution in [0.25, 0.3) is 0 Å². The molecule has 0 bridgehead atoms. The molecule has 0 radical (unpaired) electrons. The second kappa shape index (κ2) is 6.46. The first-order chi connectivity index (χ1) is 7.24. The van der Waals surface area contributed by atoms with E-state index in [0.29, 0.717) is 0 Å². The Morgan fingerprint density at radius 1 is 1.27 bits per heavy atom. The van der Waals surface area contributed by atoms with Crippen molar-refractivity contribution in [2.75, 3.05) is 13.7 Å². The average Bonchev–Trinajstić information content (AvgIpc) is 2.24. The highest BCUT2D eigenvalue weighted by Crippen LogP contribution is 2.16. The third-order valence-electron chi connectivity index (χ3n) is 2.41. The molecule has 0 fully saturated rings. The summed E-state index contributed by atoms with van der Waals surface area (Å²) in [6, 6.07) is 8.14. The van der Waals surface area contributed by atoms with E-state index in [1.54, 1.807) is 7.11 Å². The van der Waals surface area contributed by atoms with Crippen molar-refractivity contribution in [1.82, 2.24) is 5.32 Å². The van der Waals surface area contributed by atoms with Gasteiger partial charge in [-0.15, -0.1) is 0 Å². The molecule has 2 heteroatoms. The summed E-state index contributed by atoms with van der Waals surface area (Å²) in [4.78, 5) is 0. The number of ether oxygens (including phenoxy) is 1. The van der Waals surface area contributed by atoms with Gasteiger partial charge >= 0.3 is 0 Å². The van der Waals surface area contributed by atoms with Crippen molar-refractivity contribution < 1.29 is 4.74 Å². The Hall–Kier alpha value is -1.02. The SMILES string of the molecule is COc1ccccc1CNCCC(C)C. The van der Waals surface area contributed by atoms with Crippen molar-refractivity contribution in [3.8, 4) is 5.75 Å². The molecule has 0 spiro atoms. The second-order valence-electron chi connectivity index (χ2n) is 4.17. The van der Waals surface area contributed by atoms with Gasteiger partial charge in [-0.05, 0) is 24.9 Å². The minimum Gasteiger partial charge on any atom is -0.496 e. The predicted octanol–water partition coefficient (Wildman–Crippen LogP) is 2.83.